The Hall–Kier alpha value is -4.28. The number of hydrogen-bond donors (Lipinski definition) is 2. The van der Waals surface area contributed by atoms with Gasteiger partial charge in [0.2, 0.25) is 6.79 Å². The molecule has 4 aromatic rings. The molecule has 0 unspecified atom stereocenters. The highest BCUT2D eigenvalue weighted by Gasteiger charge is 2.30. The maximum Gasteiger partial charge on any atom is 0.416 e. The van der Waals surface area contributed by atoms with Gasteiger partial charge in [0.25, 0.3) is 5.91 Å². The molecule has 8 nitrogen and oxygen atoms in total. The summed E-state index contributed by atoms with van der Waals surface area (Å²) in [6.45, 7) is 3.75. The van der Waals surface area contributed by atoms with Crippen LogP contribution in [0.1, 0.15) is 33.0 Å². The number of nitrogens with zero attached hydrogens (tertiary/aromatic N) is 3. The summed E-state index contributed by atoms with van der Waals surface area (Å²) in [5, 5.41) is 14.2. The zero-order chi connectivity index (χ0) is 24.7. The van der Waals surface area contributed by atoms with Gasteiger partial charge >= 0.3 is 6.18 Å². The molecule has 2 aromatic carbocycles. The summed E-state index contributed by atoms with van der Waals surface area (Å²) in [6, 6.07) is 12.1. The number of halogens is 3. The van der Waals surface area contributed by atoms with Gasteiger partial charge in [-0.05, 0) is 55.8 Å². The normalized spacial score (nSPS) is 12.7. The van der Waals surface area contributed by atoms with Gasteiger partial charge in [0.15, 0.2) is 11.5 Å². The number of benzene rings is 2. The molecule has 11 heteroatoms. The molecule has 0 bridgehead atoms. The number of anilines is 1. The SMILES string of the molecule is Cc1nn(Cc2cccc(C(F)(F)F)c2)c(C)c1NC(=O)c1cc(-c2ccc3c(c2)OCO3)n[nH]1. The van der Waals surface area contributed by atoms with E-state index in [0.717, 1.165) is 17.7 Å². The largest absolute Gasteiger partial charge is 0.454 e. The van der Waals surface area contributed by atoms with Crippen molar-refractivity contribution in [3.8, 4) is 22.8 Å². The van der Waals surface area contributed by atoms with E-state index in [-0.39, 0.29) is 19.0 Å². The fourth-order valence-corrected chi connectivity index (χ4v) is 3.87. The quantitative estimate of drug-likeness (QED) is 0.420. The monoisotopic (exact) mass is 483 g/mol. The number of hydrogen-bond acceptors (Lipinski definition) is 5. The van der Waals surface area contributed by atoms with Gasteiger partial charge < -0.3 is 14.8 Å². The number of carbonyl (C=O) groups excluding carboxylic acids is 1. The van der Waals surface area contributed by atoms with Gasteiger partial charge in [0.05, 0.1) is 34.9 Å². The highest BCUT2D eigenvalue weighted by atomic mass is 19.4. The first-order valence-corrected chi connectivity index (χ1v) is 10.7. The average molecular weight is 483 g/mol. The van der Waals surface area contributed by atoms with E-state index >= 15 is 0 Å². The van der Waals surface area contributed by atoms with Crippen LogP contribution in [-0.4, -0.2) is 32.7 Å². The Balaban J connectivity index is 1.33. The molecule has 0 aliphatic carbocycles. The third-order valence-corrected chi connectivity index (χ3v) is 5.70. The summed E-state index contributed by atoms with van der Waals surface area (Å²) in [5.41, 5.74) is 2.92. The smallest absolute Gasteiger partial charge is 0.416 e. The second-order valence-corrected chi connectivity index (χ2v) is 8.09. The van der Waals surface area contributed by atoms with Gasteiger partial charge in [-0.25, -0.2) is 0 Å². The van der Waals surface area contributed by atoms with Crippen molar-refractivity contribution in [2.75, 3.05) is 12.1 Å². The van der Waals surface area contributed by atoms with E-state index < -0.39 is 17.6 Å². The number of aryl methyl sites for hydroxylation is 1. The van der Waals surface area contributed by atoms with Crippen molar-refractivity contribution in [3.63, 3.8) is 0 Å². The first-order valence-electron chi connectivity index (χ1n) is 10.7. The van der Waals surface area contributed by atoms with Crippen LogP contribution in [0.25, 0.3) is 11.3 Å². The fourth-order valence-electron chi connectivity index (χ4n) is 3.87. The molecule has 0 atom stereocenters. The van der Waals surface area contributed by atoms with Crippen LogP contribution < -0.4 is 14.8 Å². The third-order valence-electron chi connectivity index (χ3n) is 5.70. The molecule has 0 spiro atoms. The predicted octanol–water partition coefficient (Wildman–Crippen LogP) is 4.94. The van der Waals surface area contributed by atoms with E-state index in [1.165, 1.54) is 6.07 Å². The van der Waals surface area contributed by atoms with Crippen molar-refractivity contribution in [1.82, 2.24) is 20.0 Å². The maximum absolute atomic E-state index is 13.0. The lowest BCUT2D eigenvalue weighted by atomic mass is 10.1. The van der Waals surface area contributed by atoms with Crippen LogP contribution >= 0.6 is 0 Å². The highest BCUT2D eigenvalue weighted by Crippen LogP contribution is 2.35. The van der Waals surface area contributed by atoms with Gasteiger partial charge in [-0.15, -0.1) is 0 Å². The van der Waals surface area contributed by atoms with E-state index in [4.69, 9.17) is 9.47 Å². The number of fused-ring (bicyclic) bond motifs is 1. The molecule has 1 aliphatic rings. The molecule has 1 aliphatic heterocycles. The van der Waals surface area contributed by atoms with Crippen molar-refractivity contribution >= 4 is 11.6 Å². The van der Waals surface area contributed by atoms with Gasteiger partial charge in [0.1, 0.15) is 5.69 Å². The number of amides is 1. The number of aromatic amines is 1. The molecule has 5 rings (SSSR count). The van der Waals surface area contributed by atoms with Crippen molar-refractivity contribution in [2.45, 2.75) is 26.6 Å². The van der Waals surface area contributed by atoms with E-state index in [9.17, 15) is 18.0 Å². The van der Waals surface area contributed by atoms with E-state index in [2.05, 4.69) is 20.6 Å². The summed E-state index contributed by atoms with van der Waals surface area (Å²) in [5.74, 6) is 0.834. The second-order valence-electron chi connectivity index (χ2n) is 8.09. The Morgan fingerprint density at radius 2 is 1.91 bits per heavy atom. The number of H-pyrrole nitrogens is 1. The van der Waals surface area contributed by atoms with Crippen LogP contribution in [0.2, 0.25) is 0 Å². The minimum Gasteiger partial charge on any atom is -0.454 e. The zero-order valence-electron chi connectivity index (χ0n) is 18.7. The van der Waals surface area contributed by atoms with Crippen molar-refractivity contribution in [1.29, 1.82) is 0 Å². The number of alkyl halides is 3. The predicted molar refractivity (Wildman–Crippen MR) is 120 cm³/mol. The van der Waals surface area contributed by atoms with Gasteiger partial charge in [0, 0.05) is 5.56 Å². The molecular formula is C24H20F3N5O3. The van der Waals surface area contributed by atoms with Crippen LogP contribution in [0, 0.1) is 13.8 Å². The number of ether oxygens (including phenoxy) is 2. The maximum atomic E-state index is 13.0. The summed E-state index contributed by atoms with van der Waals surface area (Å²) < 4.78 is 51.4. The van der Waals surface area contributed by atoms with Crippen molar-refractivity contribution in [2.24, 2.45) is 0 Å². The first kappa shape index (κ1) is 22.5. The van der Waals surface area contributed by atoms with Crippen molar-refractivity contribution < 1.29 is 27.4 Å². The summed E-state index contributed by atoms with van der Waals surface area (Å²) in [4.78, 5) is 12.9. The van der Waals surface area contributed by atoms with Crippen LogP contribution in [0.4, 0.5) is 18.9 Å². The van der Waals surface area contributed by atoms with Crippen LogP contribution in [0.5, 0.6) is 11.5 Å². The standard InChI is InChI=1S/C24H20F3N5O3/c1-13-22(14(2)32(31-13)11-15-4-3-5-17(8-15)24(25,26)27)28-23(33)19-10-18(29-30-19)16-6-7-20-21(9-16)35-12-34-20/h3-10H,11-12H2,1-2H3,(H,28,33)(H,29,30). The zero-order valence-corrected chi connectivity index (χ0v) is 18.7. The molecule has 35 heavy (non-hydrogen) atoms. The fraction of sp³-hybridized carbons (Fsp3) is 0.208. The van der Waals surface area contributed by atoms with Crippen LogP contribution in [0.3, 0.4) is 0 Å². The van der Waals surface area contributed by atoms with Crippen molar-refractivity contribution in [3.05, 3.63) is 76.7 Å². The Bertz CT molecular complexity index is 1420. The first-order chi connectivity index (χ1) is 16.7. The van der Waals surface area contributed by atoms with E-state index in [0.29, 0.717) is 39.8 Å². The molecule has 2 N–H and O–H groups in total. The molecular weight excluding hydrogens is 463 g/mol. The lowest BCUT2D eigenvalue weighted by Crippen LogP contribution is -2.14. The highest BCUT2D eigenvalue weighted by molar-refractivity contribution is 6.04. The Morgan fingerprint density at radius 1 is 1.11 bits per heavy atom. The molecule has 3 heterocycles. The Morgan fingerprint density at radius 3 is 2.71 bits per heavy atom. The topological polar surface area (TPSA) is 94.1 Å². The molecule has 2 aromatic heterocycles. The Kier molecular flexibility index (Phi) is 5.46. The molecule has 180 valence electrons. The van der Waals surface area contributed by atoms with E-state index in [1.54, 1.807) is 42.8 Å². The minimum atomic E-state index is -4.42. The van der Waals surface area contributed by atoms with Gasteiger partial charge in [-0.2, -0.15) is 23.4 Å². The molecule has 1 amide bonds. The van der Waals surface area contributed by atoms with Crippen LogP contribution in [0.15, 0.2) is 48.5 Å². The number of carbonyl (C=O) groups is 1. The number of rotatable bonds is 5. The molecule has 0 radical (unpaired) electrons. The average Bonchev–Trinajstić information content (AvgIpc) is 3.55. The molecule has 0 fully saturated rings. The third kappa shape index (κ3) is 4.44. The molecule has 0 saturated carbocycles. The summed E-state index contributed by atoms with van der Waals surface area (Å²) in [6.07, 6.45) is -4.42. The number of aromatic nitrogens is 4. The van der Waals surface area contributed by atoms with E-state index in [1.807, 2.05) is 6.07 Å². The lowest BCUT2D eigenvalue weighted by molar-refractivity contribution is -0.137. The number of nitrogens with one attached hydrogen (secondary N) is 2. The van der Waals surface area contributed by atoms with Crippen LogP contribution in [-0.2, 0) is 12.7 Å². The van der Waals surface area contributed by atoms with Gasteiger partial charge in [-0.3, -0.25) is 14.6 Å². The summed E-state index contributed by atoms with van der Waals surface area (Å²) in [7, 11) is 0. The lowest BCUT2D eigenvalue weighted by Gasteiger charge is -2.10. The minimum absolute atomic E-state index is 0.130. The summed E-state index contributed by atoms with van der Waals surface area (Å²) >= 11 is 0. The van der Waals surface area contributed by atoms with Gasteiger partial charge in [-0.1, -0.05) is 12.1 Å². The second kappa shape index (κ2) is 8.49. The molecule has 0 saturated heterocycles. The Labute approximate surface area is 197 Å².